The Bertz CT molecular complexity index is 521. The van der Waals surface area contributed by atoms with Gasteiger partial charge in [0.2, 0.25) is 5.91 Å². The van der Waals surface area contributed by atoms with E-state index in [4.69, 9.17) is 0 Å². The van der Waals surface area contributed by atoms with Gasteiger partial charge in [0.05, 0.1) is 5.92 Å². The highest BCUT2D eigenvalue weighted by molar-refractivity contribution is 5.85. The average Bonchev–Trinajstić information content (AvgIpc) is 2.59. The van der Waals surface area contributed by atoms with Crippen molar-refractivity contribution in [3.63, 3.8) is 0 Å². The summed E-state index contributed by atoms with van der Waals surface area (Å²) in [6.07, 6.45) is 3.24. The first-order chi connectivity index (χ1) is 10.7. The Kier molecular flexibility index (Phi) is 9.06. The highest BCUT2D eigenvalue weighted by atomic mass is 35.5. The van der Waals surface area contributed by atoms with Gasteiger partial charge >= 0.3 is 0 Å². The fraction of sp³-hybridized carbons (Fsp3) is 0.611. The van der Waals surface area contributed by atoms with Crippen molar-refractivity contribution in [1.29, 1.82) is 0 Å². The second-order valence-corrected chi connectivity index (χ2v) is 6.63. The number of nitrogens with zero attached hydrogens (tertiary/aromatic N) is 1. The number of hydrogen-bond donors (Lipinski definition) is 2. The minimum Gasteiger partial charge on any atom is -0.354 e. The van der Waals surface area contributed by atoms with E-state index in [0.29, 0.717) is 6.04 Å². The molecule has 1 aromatic carbocycles. The van der Waals surface area contributed by atoms with E-state index in [-0.39, 0.29) is 36.6 Å². The van der Waals surface area contributed by atoms with Crippen molar-refractivity contribution in [2.75, 3.05) is 26.2 Å². The number of carbonyl (C=O) groups excluding carboxylic acids is 1. The first kappa shape index (κ1) is 21.2. The summed E-state index contributed by atoms with van der Waals surface area (Å²) in [7, 11) is 0. The molecule has 3 rings (SSSR count). The first-order valence-electron chi connectivity index (χ1n) is 8.53. The normalized spacial score (nSPS) is 21.6. The Morgan fingerprint density at radius 3 is 2.79 bits per heavy atom. The largest absolute Gasteiger partial charge is 0.354 e. The van der Waals surface area contributed by atoms with E-state index in [2.05, 4.69) is 46.7 Å². The van der Waals surface area contributed by atoms with Crippen LogP contribution in [0, 0.1) is 5.92 Å². The van der Waals surface area contributed by atoms with Crippen LogP contribution in [0.3, 0.4) is 0 Å². The lowest BCUT2D eigenvalue weighted by atomic mass is 9.98. The fourth-order valence-corrected chi connectivity index (χ4v) is 3.49. The van der Waals surface area contributed by atoms with Gasteiger partial charge in [-0.2, -0.15) is 0 Å². The van der Waals surface area contributed by atoms with Crippen LogP contribution in [-0.4, -0.2) is 43.0 Å². The highest BCUT2D eigenvalue weighted by Gasteiger charge is 2.23. The molecule has 0 bridgehead atoms. The maximum Gasteiger partial charge on any atom is 0.224 e. The van der Waals surface area contributed by atoms with Crippen LogP contribution in [0.4, 0.5) is 0 Å². The predicted molar refractivity (Wildman–Crippen MR) is 103 cm³/mol. The second-order valence-electron chi connectivity index (χ2n) is 6.63. The summed E-state index contributed by atoms with van der Waals surface area (Å²) < 4.78 is 0. The second kappa shape index (κ2) is 10.2. The number of piperidine rings is 1. The van der Waals surface area contributed by atoms with Crippen LogP contribution in [0.5, 0.6) is 0 Å². The van der Waals surface area contributed by atoms with Crippen LogP contribution in [0.2, 0.25) is 0 Å². The quantitative estimate of drug-likeness (QED) is 0.851. The van der Waals surface area contributed by atoms with Gasteiger partial charge in [0.25, 0.3) is 0 Å². The number of carbonyl (C=O) groups is 1. The Morgan fingerprint density at radius 1 is 1.33 bits per heavy atom. The molecule has 2 atom stereocenters. The number of halogens is 2. The topological polar surface area (TPSA) is 44.4 Å². The molecular weight excluding hydrogens is 345 g/mol. The lowest BCUT2D eigenvalue weighted by Crippen LogP contribution is -2.47. The number of hydrogen-bond acceptors (Lipinski definition) is 3. The first-order valence-corrected chi connectivity index (χ1v) is 8.53. The third-order valence-corrected chi connectivity index (χ3v) is 5.02. The van der Waals surface area contributed by atoms with Gasteiger partial charge in [0.1, 0.15) is 0 Å². The number of benzene rings is 1. The zero-order valence-electron chi connectivity index (χ0n) is 14.3. The molecule has 2 N–H and O–H groups in total. The van der Waals surface area contributed by atoms with E-state index >= 15 is 0 Å². The fourth-order valence-electron chi connectivity index (χ4n) is 3.49. The molecule has 136 valence electrons. The van der Waals surface area contributed by atoms with Crippen LogP contribution in [0.15, 0.2) is 24.3 Å². The van der Waals surface area contributed by atoms with Gasteiger partial charge in [0, 0.05) is 32.2 Å². The van der Waals surface area contributed by atoms with E-state index in [0.717, 1.165) is 52.0 Å². The van der Waals surface area contributed by atoms with Crippen LogP contribution >= 0.6 is 24.8 Å². The molecule has 1 amide bonds. The van der Waals surface area contributed by atoms with Crippen LogP contribution in [0.25, 0.3) is 0 Å². The minimum absolute atomic E-state index is 0. The van der Waals surface area contributed by atoms with Crippen LogP contribution < -0.4 is 10.6 Å². The van der Waals surface area contributed by atoms with Gasteiger partial charge in [-0.15, -0.1) is 24.8 Å². The van der Waals surface area contributed by atoms with Gasteiger partial charge in [-0.3, -0.25) is 9.69 Å². The molecule has 0 spiro atoms. The summed E-state index contributed by atoms with van der Waals surface area (Å²) >= 11 is 0. The lowest BCUT2D eigenvalue weighted by Gasteiger charge is -2.34. The number of rotatable bonds is 4. The van der Waals surface area contributed by atoms with Crippen molar-refractivity contribution in [1.82, 2.24) is 15.5 Å². The van der Waals surface area contributed by atoms with Gasteiger partial charge in [-0.05, 0) is 43.9 Å². The number of nitrogens with one attached hydrogen (secondary N) is 2. The van der Waals surface area contributed by atoms with Crippen molar-refractivity contribution < 1.29 is 4.79 Å². The molecule has 24 heavy (non-hydrogen) atoms. The van der Waals surface area contributed by atoms with Crippen molar-refractivity contribution in [2.45, 2.75) is 38.8 Å². The summed E-state index contributed by atoms with van der Waals surface area (Å²) in [5.41, 5.74) is 2.91. The Balaban J connectivity index is 0.00000144. The SMILES string of the molecule is CC(CNC(=O)C1CCCNC1)N1CCc2ccccc2C1.Cl.Cl. The lowest BCUT2D eigenvalue weighted by molar-refractivity contribution is -0.125. The molecule has 2 aliphatic heterocycles. The zero-order chi connectivity index (χ0) is 15.4. The summed E-state index contributed by atoms with van der Waals surface area (Å²) in [5, 5.41) is 6.46. The molecule has 0 radical (unpaired) electrons. The van der Waals surface area contributed by atoms with E-state index < -0.39 is 0 Å². The van der Waals surface area contributed by atoms with Crippen LogP contribution in [0.1, 0.15) is 30.9 Å². The highest BCUT2D eigenvalue weighted by Crippen LogP contribution is 2.20. The smallest absolute Gasteiger partial charge is 0.224 e. The predicted octanol–water partition coefficient (Wildman–Crippen LogP) is 2.39. The zero-order valence-corrected chi connectivity index (χ0v) is 15.9. The maximum absolute atomic E-state index is 12.2. The maximum atomic E-state index is 12.2. The van der Waals surface area contributed by atoms with Gasteiger partial charge in [-0.1, -0.05) is 24.3 Å². The Labute approximate surface area is 157 Å². The van der Waals surface area contributed by atoms with Crippen LogP contribution in [-0.2, 0) is 17.8 Å². The molecule has 2 aliphatic rings. The van der Waals surface area contributed by atoms with Crippen molar-refractivity contribution in [3.8, 4) is 0 Å². The molecular formula is C18H29Cl2N3O. The summed E-state index contributed by atoms with van der Waals surface area (Å²) in [4.78, 5) is 14.7. The van der Waals surface area contributed by atoms with Crippen molar-refractivity contribution >= 4 is 30.7 Å². The molecule has 6 heteroatoms. The number of amides is 1. The molecule has 2 unspecified atom stereocenters. The molecule has 1 fully saturated rings. The van der Waals surface area contributed by atoms with E-state index in [1.165, 1.54) is 11.1 Å². The Morgan fingerprint density at radius 2 is 2.08 bits per heavy atom. The average molecular weight is 374 g/mol. The summed E-state index contributed by atoms with van der Waals surface area (Å²) in [6.45, 7) is 6.92. The molecule has 1 aromatic rings. The molecule has 0 saturated carbocycles. The van der Waals surface area contributed by atoms with Gasteiger partial charge in [0.15, 0.2) is 0 Å². The van der Waals surface area contributed by atoms with E-state index in [9.17, 15) is 4.79 Å². The molecule has 0 aliphatic carbocycles. The van der Waals surface area contributed by atoms with Gasteiger partial charge < -0.3 is 10.6 Å². The third-order valence-electron chi connectivity index (χ3n) is 5.02. The van der Waals surface area contributed by atoms with E-state index in [1.54, 1.807) is 0 Å². The van der Waals surface area contributed by atoms with Crippen molar-refractivity contribution in [2.24, 2.45) is 5.92 Å². The van der Waals surface area contributed by atoms with Gasteiger partial charge in [-0.25, -0.2) is 0 Å². The third kappa shape index (κ3) is 5.35. The molecule has 0 aromatic heterocycles. The van der Waals surface area contributed by atoms with E-state index in [1.807, 2.05) is 0 Å². The Hall–Kier alpha value is -0.810. The summed E-state index contributed by atoms with van der Waals surface area (Å²) in [6, 6.07) is 9.07. The molecule has 2 heterocycles. The standard InChI is InChI=1S/C18H27N3O.2ClH/c1-14(11-20-18(22)16-7-4-9-19-12-16)21-10-8-15-5-2-3-6-17(15)13-21;;/h2-3,5-6,14,16,19H,4,7-13H2,1H3,(H,20,22);2*1H. The molecule has 1 saturated heterocycles. The number of fused-ring (bicyclic) bond motifs is 1. The molecule has 4 nitrogen and oxygen atoms in total. The monoisotopic (exact) mass is 373 g/mol. The van der Waals surface area contributed by atoms with Crippen molar-refractivity contribution in [3.05, 3.63) is 35.4 Å². The minimum atomic E-state index is 0. The summed E-state index contributed by atoms with van der Waals surface area (Å²) in [5.74, 6) is 0.375.